The van der Waals surface area contributed by atoms with Gasteiger partial charge in [-0.3, -0.25) is 14.8 Å². The Hall–Kier alpha value is -4.45. The van der Waals surface area contributed by atoms with Crippen molar-refractivity contribution in [3.63, 3.8) is 0 Å². The Morgan fingerprint density at radius 2 is 1.12 bits per heavy atom. The van der Waals surface area contributed by atoms with E-state index in [1.165, 1.54) is 11.1 Å². The van der Waals surface area contributed by atoms with Gasteiger partial charge in [-0.05, 0) is 36.4 Å². The average molecular weight is 835 g/mol. The molecule has 0 fully saturated rings. The molecule has 0 bridgehead atoms. The summed E-state index contributed by atoms with van der Waals surface area (Å²) in [6.45, 7) is 16.3. The molecule has 0 aromatic carbocycles. The molecule has 0 atom stereocenters. The minimum absolute atomic E-state index is 0.105. The van der Waals surface area contributed by atoms with Crippen LogP contribution in [-0.4, -0.2) is 94.4 Å². The first-order chi connectivity index (χ1) is 26.4. The van der Waals surface area contributed by atoms with Gasteiger partial charge in [-0.25, -0.2) is 14.8 Å². The first-order valence-corrected chi connectivity index (χ1v) is 26.4. The maximum absolute atomic E-state index is 12.2. The Kier molecular flexibility index (Phi) is 13.9. The molecule has 6 aromatic heterocycles. The second kappa shape index (κ2) is 18.2. The molecule has 16 heteroatoms. The summed E-state index contributed by atoms with van der Waals surface area (Å²) < 4.78 is 15.5. The topological polar surface area (TPSA) is 137 Å². The normalized spacial score (nSPS) is 11.8. The van der Waals surface area contributed by atoms with Gasteiger partial charge < -0.3 is 28.6 Å². The van der Waals surface area contributed by atoms with Crippen LogP contribution in [0, 0.1) is 0 Å². The van der Waals surface area contributed by atoms with Crippen LogP contribution in [0.1, 0.15) is 20.7 Å². The number of carbonyl (C=O) groups excluding carboxylic acids is 1. The molecule has 0 aliphatic heterocycles. The Labute approximate surface area is 339 Å². The van der Waals surface area contributed by atoms with Gasteiger partial charge >= 0.3 is 5.97 Å². The van der Waals surface area contributed by atoms with Crippen molar-refractivity contribution < 1.29 is 24.2 Å². The van der Waals surface area contributed by atoms with E-state index in [1.807, 2.05) is 33.7 Å². The van der Waals surface area contributed by atoms with Gasteiger partial charge in [0.25, 0.3) is 5.91 Å². The number of carbonyl (C=O) groups is 2. The van der Waals surface area contributed by atoms with E-state index in [1.54, 1.807) is 57.2 Å². The summed E-state index contributed by atoms with van der Waals surface area (Å²) in [5.41, 5.74) is 4.91. The highest BCUT2D eigenvalue weighted by Crippen LogP contribution is 2.35. The third-order valence-electron chi connectivity index (χ3n) is 8.90. The molecule has 12 nitrogen and oxygen atoms in total. The highest BCUT2D eigenvalue weighted by molar-refractivity contribution is 6.76. The summed E-state index contributed by atoms with van der Waals surface area (Å²) in [4.78, 5) is 42.2. The van der Waals surface area contributed by atoms with Crippen molar-refractivity contribution in [2.45, 2.75) is 64.8 Å². The van der Waals surface area contributed by atoms with Crippen LogP contribution in [0.3, 0.4) is 0 Å². The quantitative estimate of drug-likeness (QED) is 0.0840. The second-order valence-corrected chi connectivity index (χ2v) is 28.1. The Morgan fingerprint density at radius 3 is 1.54 bits per heavy atom. The molecule has 0 saturated heterocycles. The largest absolute Gasteiger partial charge is 0.478 e. The molecule has 0 spiro atoms. The average Bonchev–Trinajstić information content (AvgIpc) is 3.76. The Balaban J connectivity index is 0.000000215. The number of fused-ring (bicyclic) bond motifs is 2. The Morgan fingerprint density at radius 1 is 0.696 bits per heavy atom. The predicted molar refractivity (Wildman–Crippen MR) is 229 cm³/mol. The molecule has 6 rings (SSSR count). The van der Waals surface area contributed by atoms with Gasteiger partial charge in [0.05, 0.1) is 21.2 Å². The van der Waals surface area contributed by atoms with Crippen LogP contribution in [0.5, 0.6) is 0 Å². The third-order valence-corrected chi connectivity index (χ3v) is 13.1. The molecule has 1 N–H and O–H groups in total. The lowest BCUT2D eigenvalue weighted by Crippen LogP contribution is -2.22. The summed E-state index contributed by atoms with van der Waals surface area (Å²) in [6.07, 6.45) is 13.3. The van der Waals surface area contributed by atoms with E-state index in [4.69, 9.17) is 37.8 Å². The SMILES string of the molecule is CN(C)C(=O)c1cncc(-c2cnc3c(ccn3COCC[Si](C)(C)C)c2Cl)c1.C[Si](C)(C)CCOCn1ccc2c(Cl)c(-c3cncc(C(=O)O)c3)cnc21. The molecule has 0 unspecified atom stereocenters. The zero-order valence-electron chi connectivity index (χ0n) is 33.1. The molecule has 1 amide bonds. The number of pyridine rings is 4. The van der Waals surface area contributed by atoms with Crippen LogP contribution < -0.4 is 0 Å². The van der Waals surface area contributed by atoms with Crippen molar-refractivity contribution in [1.29, 1.82) is 0 Å². The first kappa shape index (κ1) is 42.7. The lowest BCUT2D eigenvalue weighted by Gasteiger charge is -2.15. The van der Waals surface area contributed by atoms with Crippen molar-refractivity contribution in [2.75, 3.05) is 27.3 Å². The second-order valence-electron chi connectivity index (χ2n) is 16.1. The first-order valence-electron chi connectivity index (χ1n) is 18.2. The summed E-state index contributed by atoms with van der Waals surface area (Å²) in [7, 11) is 1.20. The van der Waals surface area contributed by atoms with E-state index in [2.05, 4.69) is 59.2 Å². The van der Waals surface area contributed by atoms with Crippen LogP contribution in [0.4, 0.5) is 0 Å². The number of aromatic carboxylic acids is 1. The van der Waals surface area contributed by atoms with Crippen molar-refractivity contribution in [1.82, 2.24) is 34.0 Å². The van der Waals surface area contributed by atoms with Crippen LogP contribution in [0.25, 0.3) is 44.3 Å². The minimum atomic E-state index is -1.12. The lowest BCUT2D eigenvalue weighted by atomic mass is 10.1. The monoisotopic (exact) mass is 833 g/mol. The fraction of sp³-hybridized carbons (Fsp3) is 0.350. The molecular weight excluding hydrogens is 786 g/mol. The number of amides is 1. The summed E-state index contributed by atoms with van der Waals surface area (Å²) in [5, 5.41) is 11.9. The third kappa shape index (κ3) is 10.9. The lowest BCUT2D eigenvalue weighted by molar-refractivity contribution is 0.0695. The molecule has 0 radical (unpaired) electrons. The number of carboxylic acids is 1. The molecular formula is C40H49Cl2N7O5Si2. The van der Waals surface area contributed by atoms with E-state index in [-0.39, 0.29) is 11.5 Å². The molecule has 56 heavy (non-hydrogen) atoms. The van der Waals surface area contributed by atoms with Crippen LogP contribution in [-0.2, 0) is 22.9 Å². The van der Waals surface area contributed by atoms with Crippen molar-refractivity contribution in [3.8, 4) is 22.3 Å². The zero-order chi connectivity index (χ0) is 40.8. The number of rotatable bonds is 14. The number of carboxylic acid groups (broad SMARTS) is 1. The smallest absolute Gasteiger partial charge is 0.337 e. The van der Waals surface area contributed by atoms with Gasteiger partial charge in [-0.15, -0.1) is 0 Å². The number of nitrogens with zero attached hydrogens (tertiary/aromatic N) is 7. The van der Waals surface area contributed by atoms with Gasteiger partial charge in [-0.1, -0.05) is 62.5 Å². The fourth-order valence-electron chi connectivity index (χ4n) is 5.57. The molecule has 296 valence electrons. The molecule has 6 heterocycles. The number of ether oxygens (including phenoxy) is 2. The molecule has 0 aliphatic carbocycles. The van der Waals surface area contributed by atoms with Crippen molar-refractivity contribution in [2.24, 2.45) is 0 Å². The molecule has 0 saturated carbocycles. The highest BCUT2D eigenvalue weighted by atomic mass is 35.5. The number of hydrogen-bond donors (Lipinski definition) is 1. The van der Waals surface area contributed by atoms with Crippen molar-refractivity contribution in [3.05, 3.63) is 95.0 Å². The van der Waals surface area contributed by atoms with E-state index in [9.17, 15) is 9.59 Å². The maximum atomic E-state index is 12.2. The van der Waals surface area contributed by atoms with E-state index in [0.717, 1.165) is 58.5 Å². The van der Waals surface area contributed by atoms with Crippen LogP contribution in [0.15, 0.2) is 73.8 Å². The standard InChI is InChI=1S/C21H27ClN4O2Si.C19H22ClN3O3Si/c1-25(2)21(27)16-10-15(11-23-12-16)18-13-24-20-17(19(18)22)6-7-26(20)14-28-8-9-29(3,4)5;1-27(2,3)7-6-26-12-23-5-4-15-17(20)16(11-22-18(15)23)13-8-14(19(24)25)10-21-9-13/h6-7,10-13H,8-9,14H2,1-5H3;4-5,8-11H,6-7,12H2,1-3H3,(H,24,25). The van der Waals surface area contributed by atoms with Gasteiger partial charge in [0.1, 0.15) is 24.8 Å². The molecule has 0 aliphatic rings. The predicted octanol–water partition coefficient (Wildman–Crippen LogP) is 9.53. The molecule has 6 aromatic rings. The summed E-state index contributed by atoms with van der Waals surface area (Å²) >= 11 is 13.3. The van der Waals surface area contributed by atoms with Crippen LogP contribution >= 0.6 is 23.2 Å². The summed E-state index contributed by atoms with van der Waals surface area (Å²) in [6, 6.07) is 9.40. The van der Waals surface area contributed by atoms with E-state index in [0.29, 0.717) is 40.2 Å². The highest BCUT2D eigenvalue weighted by Gasteiger charge is 2.18. The van der Waals surface area contributed by atoms with Gasteiger partial charge in [-0.2, -0.15) is 0 Å². The summed E-state index contributed by atoms with van der Waals surface area (Å²) in [5.74, 6) is -1.14. The zero-order valence-corrected chi connectivity index (χ0v) is 36.6. The fourth-order valence-corrected chi connectivity index (χ4v) is 7.70. The van der Waals surface area contributed by atoms with E-state index < -0.39 is 22.1 Å². The van der Waals surface area contributed by atoms with Gasteiger partial charge in [0.15, 0.2) is 0 Å². The van der Waals surface area contributed by atoms with Gasteiger partial charge in [0, 0.05) is 126 Å². The number of hydrogen-bond acceptors (Lipinski definition) is 8. The van der Waals surface area contributed by atoms with Crippen LogP contribution in [0.2, 0.25) is 61.4 Å². The Bertz CT molecular complexity index is 2330. The number of aromatic nitrogens is 6. The van der Waals surface area contributed by atoms with Crippen molar-refractivity contribution >= 4 is 73.3 Å². The van der Waals surface area contributed by atoms with E-state index >= 15 is 0 Å². The number of halogens is 2. The minimum Gasteiger partial charge on any atom is -0.478 e. The van der Waals surface area contributed by atoms with Gasteiger partial charge in [0.2, 0.25) is 0 Å². The maximum Gasteiger partial charge on any atom is 0.337 e.